The van der Waals surface area contributed by atoms with Crippen molar-refractivity contribution in [2.75, 3.05) is 17.7 Å². The fourth-order valence-corrected chi connectivity index (χ4v) is 5.56. The van der Waals surface area contributed by atoms with Crippen molar-refractivity contribution in [3.05, 3.63) is 59.2 Å². The minimum absolute atomic E-state index is 0.0198. The van der Waals surface area contributed by atoms with Gasteiger partial charge in [0, 0.05) is 18.3 Å². The maximum absolute atomic E-state index is 12.2. The standard InChI is InChI=1S/C24H26N4OS2/c1-15-10-20-18(16(2)12-24(3,4)28(20)5)11-17(15)13-25-27-22(29)14-30-23-26-19-8-6-7-9-21(19)31-23/h6-13H,14H2,1-5H3,(H,27,29)/b25-13+. The van der Waals surface area contributed by atoms with E-state index < -0.39 is 0 Å². The summed E-state index contributed by atoms with van der Waals surface area (Å²) in [6.07, 6.45) is 4.01. The molecule has 0 bridgehead atoms. The van der Waals surface area contributed by atoms with Crippen LogP contribution in [0.5, 0.6) is 0 Å². The average molecular weight is 451 g/mol. The number of thioether (sulfide) groups is 1. The lowest BCUT2D eigenvalue weighted by atomic mass is 9.87. The number of para-hydroxylation sites is 1. The summed E-state index contributed by atoms with van der Waals surface area (Å²) in [7, 11) is 2.12. The number of anilines is 1. The average Bonchev–Trinajstić information content (AvgIpc) is 3.14. The molecule has 0 aliphatic carbocycles. The third kappa shape index (κ3) is 4.52. The van der Waals surface area contributed by atoms with Gasteiger partial charge in [-0.2, -0.15) is 5.10 Å². The molecule has 1 aliphatic rings. The predicted octanol–water partition coefficient (Wildman–Crippen LogP) is 5.48. The van der Waals surface area contributed by atoms with E-state index in [1.165, 1.54) is 28.6 Å². The molecule has 0 saturated carbocycles. The molecule has 0 spiro atoms. The van der Waals surface area contributed by atoms with Crippen LogP contribution in [0.3, 0.4) is 0 Å². The highest BCUT2D eigenvalue weighted by atomic mass is 32.2. The van der Waals surface area contributed by atoms with E-state index in [-0.39, 0.29) is 17.2 Å². The first-order chi connectivity index (χ1) is 14.7. The Labute approximate surface area is 191 Å². The maximum Gasteiger partial charge on any atom is 0.250 e. The van der Waals surface area contributed by atoms with Crippen molar-refractivity contribution < 1.29 is 4.79 Å². The molecule has 4 rings (SSSR count). The summed E-state index contributed by atoms with van der Waals surface area (Å²) in [4.78, 5) is 19.1. The molecular formula is C24H26N4OS2. The van der Waals surface area contributed by atoms with Crippen molar-refractivity contribution in [2.45, 2.75) is 37.6 Å². The Morgan fingerprint density at radius 2 is 2.06 bits per heavy atom. The fraction of sp³-hybridized carbons (Fsp3) is 0.292. The normalized spacial score (nSPS) is 15.3. The summed E-state index contributed by atoms with van der Waals surface area (Å²) in [6.45, 7) is 8.64. The van der Waals surface area contributed by atoms with Crippen molar-refractivity contribution in [3.63, 3.8) is 0 Å². The molecule has 5 nitrogen and oxygen atoms in total. The van der Waals surface area contributed by atoms with E-state index >= 15 is 0 Å². The quantitative estimate of drug-likeness (QED) is 0.318. The van der Waals surface area contributed by atoms with Crippen LogP contribution in [0.4, 0.5) is 5.69 Å². The number of aryl methyl sites for hydroxylation is 1. The SMILES string of the molecule is CC1=CC(C)(C)N(C)c2cc(C)c(/C=N/NC(=O)CSc3nc4ccccc4s3)cc21. The maximum atomic E-state index is 12.2. The van der Waals surface area contributed by atoms with Gasteiger partial charge in [-0.3, -0.25) is 4.79 Å². The molecule has 1 N–H and O–H groups in total. The number of thiazole rings is 1. The van der Waals surface area contributed by atoms with Gasteiger partial charge < -0.3 is 4.90 Å². The number of nitrogens with zero attached hydrogens (tertiary/aromatic N) is 3. The largest absolute Gasteiger partial charge is 0.365 e. The molecule has 0 atom stereocenters. The number of rotatable bonds is 5. The number of fused-ring (bicyclic) bond motifs is 2. The minimum Gasteiger partial charge on any atom is -0.365 e. The second kappa shape index (κ2) is 8.48. The molecule has 31 heavy (non-hydrogen) atoms. The minimum atomic E-state index is -0.145. The highest BCUT2D eigenvalue weighted by Crippen LogP contribution is 2.39. The van der Waals surface area contributed by atoms with E-state index in [0.717, 1.165) is 25.7 Å². The van der Waals surface area contributed by atoms with E-state index in [9.17, 15) is 4.79 Å². The molecular weight excluding hydrogens is 424 g/mol. The topological polar surface area (TPSA) is 57.6 Å². The van der Waals surface area contributed by atoms with Crippen LogP contribution in [0.15, 0.2) is 51.9 Å². The number of allylic oxidation sites excluding steroid dienone is 1. The summed E-state index contributed by atoms with van der Waals surface area (Å²) in [5, 5.41) is 4.19. The van der Waals surface area contributed by atoms with Crippen LogP contribution >= 0.6 is 23.1 Å². The molecule has 0 radical (unpaired) electrons. The Morgan fingerprint density at radius 1 is 1.29 bits per heavy atom. The Balaban J connectivity index is 1.40. The van der Waals surface area contributed by atoms with Crippen LogP contribution in [0.1, 0.15) is 37.5 Å². The van der Waals surface area contributed by atoms with Crippen molar-refractivity contribution >= 4 is 56.7 Å². The van der Waals surface area contributed by atoms with Gasteiger partial charge in [-0.05, 0) is 68.7 Å². The monoisotopic (exact) mass is 450 g/mol. The van der Waals surface area contributed by atoms with Crippen LogP contribution in [0.2, 0.25) is 0 Å². The molecule has 1 aromatic heterocycles. The fourth-order valence-electron chi connectivity index (χ4n) is 3.70. The van der Waals surface area contributed by atoms with Gasteiger partial charge in [-0.1, -0.05) is 30.0 Å². The van der Waals surface area contributed by atoms with Gasteiger partial charge >= 0.3 is 0 Å². The van der Waals surface area contributed by atoms with Gasteiger partial charge in [-0.15, -0.1) is 11.3 Å². The number of amides is 1. The third-order valence-corrected chi connectivity index (χ3v) is 7.78. The second-order valence-corrected chi connectivity index (χ2v) is 10.5. The van der Waals surface area contributed by atoms with Gasteiger partial charge in [0.1, 0.15) is 0 Å². The zero-order valence-corrected chi connectivity index (χ0v) is 20.0. The lowest BCUT2D eigenvalue weighted by Gasteiger charge is -2.41. The molecule has 1 aliphatic heterocycles. The lowest BCUT2D eigenvalue weighted by Crippen LogP contribution is -2.42. The highest BCUT2D eigenvalue weighted by Gasteiger charge is 2.28. The van der Waals surface area contributed by atoms with E-state index in [0.29, 0.717) is 0 Å². The summed E-state index contributed by atoms with van der Waals surface area (Å²) < 4.78 is 2.02. The first-order valence-corrected chi connectivity index (χ1v) is 11.9. The number of nitrogens with one attached hydrogen (secondary N) is 1. The van der Waals surface area contributed by atoms with E-state index in [2.05, 4.69) is 73.4 Å². The zero-order chi connectivity index (χ0) is 22.2. The number of hydrazone groups is 1. The summed E-state index contributed by atoms with van der Waals surface area (Å²) in [5.74, 6) is 0.135. The van der Waals surface area contributed by atoms with Crippen LogP contribution in [0.25, 0.3) is 15.8 Å². The summed E-state index contributed by atoms with van der Waals surface area (Å²) in [6, 6.07) is 12.3. The molecule has 1 amide bonds. The number of benzene rings is 2. The van der Waals surface area contributed by atoms with Crippen LogP contribution in [0, 0.1) is 6.92 Å². The molecule has 2 heterocycles. The summed E-state index contributed by atoms with van der Waals surface area (Å²) >= 11 is 3.03. The van der Waals surface area contributed by atoms with Crippen molar-refractivity contribution in [1.82, 2.24) is 10.4 Å². The summed E-state index contributed by atoms with van der Waals surface area (Å²) in [5.41, 5.74) is 9.38. The van der Waals surface area contributed by atoms with Crippen molar-refractivity contribution in [1.29, 1.82) is 0 Å². The molecule has 0 fully saturated rings. The smallest absolute Gasteiger partial charge is 0.250 e. The Bertz CT molecular complexity index is 1180. The predicted molar refractivity (Wildman–Crippen MR) is 133 cm³/mol. The number of carbonyl (C=O) groups excluding carboxylic acids is 1. The van der Waals surface area contributed by atoms with Crippen molar-refractivity contribution in [3.8, 4) is 0 Å². The lowest BCUT2D eigenvalue weighted by molar-refractivity contribution is -0.118. The van der Waals surface area contributed by atoms with E-state index in [4.69, 9.17) is 0 Å². The van der Waals surface area contributed by atoms with Crippen LogP contribution in [-0.2, 0) is 4.79 Å². The van der Waals surface area contributed by atoms with E-state index in [1.807, 2.05) is 24.3 Å². The van der Waals surface area contributed by atoms with Gasteiger partial charge in [0.25, 0.3) is 5.91 Å². The number of carbonyl (C=O) groups is 1. The number of hydrogen-bond acceptors (Lipinski definition) is 6. The first-order valence-electron chi connectivity index (χ1n) is 10.1. The molecule has 0 unspecified atom stereocenters. The van der Waals surface area contributed by atoms with Crippen LogP contribution in [-0.4, -0.2) is 35.4 Å². The third-order valence-electron chi connectivity index (χ3n) is 5.60. The molecule has 2 aromatic carbocycles. The number of aromatic nitrogens is 1. The van der Waals surface area contributed by atoms with Gasteiger partial charge in [-0.25, -0.2) is 10.4 Å². The second-order valence-electron chi connectivity index (χ2n) is 8.30. The molecule has 160 valence electrons. The number of likely N-dealkylation sites (N-methyl/N-ethyl adjacent to an activating group) is 1. The molecule has 7 heteroatoms. The Morgan fingerprint density at radius 3 is 2.84 bits per heavy atom. The van der Waals surface area contributed by atoms with E-state index in [1.54, 1.807) is 17.6 Å². The zero-order valence-electron chi connectivity index (χ0n) is 18.4. The van der Waals surface area contributed by atoms with Crippen molar-refractivity contribution in [2.24, 2.45) is 5.10 Å². The Hall–Kier alpha value is -2.64. The molecule has 0 saturated heterocycles. The highest BCUT2D eigenvalue weighted by molar-refractivity contribution is 8.01. The van der Waals surface area contributed by atoms with Gasteiger partial charge in [0.15, 0.2) is 4.34 Å². The van der Waals surface area contributed by atoms with Gasteiger partial charge in [0.2, 0.25) is 0 Å². The first kappa shape index (κ1) is 21.6. The number of hydrogen-bond donors (Lipinski definition) is 1. The van der Waals surface area contributed by atoms with Gasteiger partial charge in [0.05, 0.1) is 27.7 Å². The Kier molecular flexibility index (Phi) is 5.90. The van der Waals surface area contributed by atoms with Crippen LogP contribution < -0.4 is 10.3 Å². The molecule has 3 aromatic rings.